The minimum absolute atomic E-state index is 0.160. The number of rotatable bonds is 3. The van der Waals surface area contributed by atoms with Crippen LogP contribution in [-0.2, 0) is 0 Å². The number of hydrogen-bond acceptors (Lipinski definition) is 5. The summed E-state index contributed by atoms with van der Waals surface area (Å²) in [5.74, 6) is 0.402. The summed E-state index contributed by atoms with van der Waals surface area (Å²) in [6.07, 6.45) is -0.343. The molecule has 0 radical (unpaired) electrons. The van der Waals surface area contributed by atoms with Crippen LogP contribution in [0.1, 0.15) is 18.9 Å². The van der Waals surface area contributed by atoms with Crippen molar-refractivity contribution < 1.29 is 15.3 Å². The van der Waals surface area contributed by atoms with Gasteiger partial charge < -0.3 is 24.8 Å². The van der Waals surface area contributed by atoms with E-state index in [0.29, 0.717) is 22.0 Å². The van der Waals surface area contributed by atoms with Crippen molar-refractivity contribution in [2.24, 2.45) is 5.92 Å². The third-order valence-electron chi connectivity index (χ3n) is 5.19. The van der Waals surface area contributed by atoms with Gasteiger partial charge >= 0.3 is 0 Å². The number of imidazole rings is 1. The molecule has 130 valence electrons. The van der Waals surface area contributed by atoms with Crippen LogP contribution in [0.5, 0.6) is 0 Å². The SMILES string of the molecule is OCC1CC(n2c(N3CCC3)nc3cc(Cl)c(Cl)cc32)[C@@H](O)[C@H]1O. The molecule has 4 atom stereocenters. The predicted octanol–water partition coefficient (Wildman–Crippen LogP) is 1.83. The predicted molar refractivity (Wildman–Crippen MR) is 92.8 cm³/mol. The van der Waals surface area contributed by atoms with Gasteiger partial charge in [-0.3, -0.25) is 0 Å². The van der Waals surface area contributed by atoms with Crippen molar-refractivity contribution in [1.29, 1.82) is 0 Å². The van der Waals surface area contributed by atoms with Crippen LogP contribution in [0.25, 0.3) is 11.0 Å². The Bertz CT molecular complexity index is 778. The van der Waals surface area contributed by atoms with Crippen molar-refractivity contribution in [3.8, 4) is 0 Å². The number of benzene rings is 1. The number of aliphatic hydroxyl groups is 3. The molecule has 2 aliphatic rings. The molecule has 24 heavy (non-hydrogen) atoms. The first-order valence-corrected chi connectivity index (χ1v) is 8.85. The van der Waals surface area contributed by atoms with Gasteiger partial charge in [-0.05, 0) is 25.0 Å². The second-order valence-corrected chi connectivity index (χ2v) is 7.42. The second-order valence-electron chi connectivity index (χ2n) is 6.60. The van der Waals surface area contributed by atoms with E-state index in [9.17, 15) is 15.3 Å². The van der Waals surface area contributed by atoms with Crippen LogP contribution in [-0.4, -0.2) is 56.8 Å². The molecule has 2 heterocycles. The Kier molecular flexibility index (Phi) is 4.13. The van der Waals surface area contributed by atoms with Crippen LogP contribution in [0.2, 0.25) is 10.0 Å². The first-order valence-electron chi connectivity index (χ1n) is 8.10. The highest BCUT2D eigenvalue weighted by Gasteiger charge is 2.44. The maximum absolute atomic E-state index is 10.5. The zero-order chi connectivity index (χ0) is 17.0. The molecule has 8 heteroatoms. The molecule has 0 bridgehead atoms. The van der Waals surface area contributed by atoms with E-state index in [1.807, 2.05) is 4.57 Å². The monoisotopic (exact) mass is 371 g/mol. The molecule has 0 spiro atoms. The average Bonchev–Trinajstić information content (AvgIpc) is 2.97. The van der Waals surface area contributed by atoms with Crippen LogP contribution in [0, 0.1) is 5.92 Å². The molecular weight excluding hydrogens is 353 g/mol. The fourth-order valence-corrected chi connectivity index (χ4v) is 4.00. The van der Waals surface area contributed by atoms with Gasteiger partial charge in [0.2, 0.25) is 5.95 Å². The van der Waals surface area contributed by atoms with E-state index < -0.39 is 12.2 Å². The van der Waals surface area contributed by atoms with E-state index in [-0.39, 0.29) is 18.6 Å². The number of aromatic nitrogens is 2. The summed E-state index contributed by atoms with van der Waals surface area (Å²) < 4.78 is 1.94. The Morgan fingerprint density at radius 1 is 1.12 bits per heavy atom. The van der Waals surface area contributed by atoms with Gasteiger partial charge in [0.15, 0.2) is 0 Å². The van der Waals surface area contributed by atoms with Gasteiger partial charge in [0.25, 0.3) is 0 Å². The van der Waals surface area contributed by atoms with Gasteiger partial charge in [0, 0.05) is 25.6 Å². The zero-order valence-corrected chi connectivity index (χ0v) is 14.5. The number of nitrogens with zero attached hydrogens (tertiary/aromatic N) is 3. The Hall–Kier alpha value is -1.05. The maximum atomic E-state index is 10.5. The van der Waals surface area contributed by atoms with Crippen molar-refractivity contribution in [2.75, 3.05) is 24.6 Å². The minimum Gasteiger partial charge on any atom is -0.396 e. The third-order valence-corrected chi connectivity index (χ3v) is 5.91. The molecule has 2 fully saturated rings. The highest BCUT2D eigenvalue weighted by molar-refractivity contribution is 6.42. The Labute approximate surface area is 149 Å². The molecule has 1 saturated heterocycles. The number of anilines is 1. The molecule has 1 aliphatic heterocycles. The highest BCUT2D eigenvalue weighted by atomic mass is 35.5. The lowest BCUT2D eigenvalue weighted by Gasteiger charge is -2.34. The average molecular weight is 372 g/mol. The summed E-state index contributed by atoms with van der Waals surface area (Å²) in [5.41, 5.74) is 1.49. The lowest BCUT2D eigenvalue weighted by molar-refractivity contribution is -0.00354. The van der Waals surface area contributed by atoms with Crippen LogP contribution < -0.4 is 4.90 Å². The first kappa shape index (κ1) is 16.4. The lowest BCUT2D eigenvalue weighted by Crippen LogP contribution is -2.40. The summed E-state index contributed by atoms with van der Waals surface area (Å²) in [4.78, 5) is 6.81. The standard InChI is InChI=1S/C16H19Cl2N3O3/c17-9-5-11-12(6-10(9)18)21(16(19-11)20-2-1-3-20)13-4-8(7-22)14(23)15(13)24/h5-6,8,13-15,22-24H,1-4,7H2/t8?,13?,14-,15+/m0/s1. The normalized spacial score (nSPS) is 30.1. The fraction of sp³-hybridized carbons (Fsp3) is 0.562. The molecule has 2 aromatic rings. The van der Waals surface area contributed by atoms with Crippen LogP contribution in [0.15, 0.2) is 12.1 Å². The molecule has 0 amide bonds. The second kappa shape index (κ2) is 6.04. The maximum Gasteiger partial charge on any atom is 0.206 e. The number of halogens is 2. The molecule has 1 aromatic heterocycles. The smallest absolute Gasteiger partial charge is 0.206 e. The molecule has 2 unspecified atom stereocenters. The number of hydrogen-bond donors (Lipinski definition) is 3. The van der Waals surface area contributed by atoms with Crippen molar-refractivity contribution in [1.82, 2.24) is 9.55 Å². The van der Waals surface area contributed by atoms with Crippen molar-refractivity contribution in [2.45, 2.75) is 31.1 Å². The highest BCUT2D eigenvalue weighted by Crippen LogP contribution is 2.41. The quantitative estimate of drug-likeness (QED) is 0.766. The van der Waals surface area contributed by atoms with E-state index in [0.717, 1.165) is 31.0 Å². The molecule has 1 aromatic carbocycles. The Morgan fingerprint density at radius 2 is 1.83 bits per heavy atom. The molecule has 6 nitrogen and oxygen atoms in total. The van der Waals surface area contributed by atoms with Crippen LogP contribution in [0.3, 0.4) is 0 Å². The van der Waals surface area contributed by atoms with E-state index in [1.165, 1.54) is 0 Å². The van der Waals surface area contributed by atoms with E-state index in [1.54, 1.807) is 12.1 Å². The van der Waals surface area contributed by atoms with E-state index in [2.05, 4.69) is 9.88 Å². The van der Waals surface area contributed by atoms with E-state index in [4.69, 9.17) is 23.2 Å². The topological polar surface area (TPSA) is 81.8 Å². The Morgan fingerprint density at radius 3 is 2.42 bits per heavy atom. The molecule has 1 saturated carbocycles. The summed E-state index contributed by atoms with van der Waals surface area (Å²) in [6, 6.07) is 3.11. The zero-order valence-electron chi connectivity index (χ0n) is 12.9. The van der Waals surface area contributed by atoms with Crippen molar-refractivity contribution >= 4 is 40.2 Å². The molecule has 3 N–H and O–H groups in total. The van der Waals surface area contributed by atoms with Crippen molar-refractivity contribution in [3.05, 3.63) is 22.2 Å². The fourth-order valence-electron chi connectivity index (χ4n) is 3.68. The lowest BCUT2D eigenvalue weighted by atomic mass is 10.1. The summed E-state index contributed by atoms with van der Waals surface area (Å²) >= 11 is 12.3. The van der Waals surface area contributed by atoms with Gasteiger partial charge in [-0.1, -0.05) is 23.2 Å². The molecule has 1 aliphatic carbocycles. The summed E-state index contributed by atoms with van der Waals surface area (Å²) in [7, 11) is 0. The van der Waals surface area contributed by atoms with Gasteiger partial charge in [-0.25, -0.2) is 4.98 Å². The molecule has 4 rings (SSSR count). The first-order chi connectivity index (χ1) is 11.5. The minimum atomic E-state index is -0.964. The molecular formula is C16H19Cl2N3O3. The third kappa shape index (κ3) is 2.40. The van der Waals surface area contributed by atoms with Gasteiger partial charge in [-0.15, -0.1) is 0 Å². The van der Waals surface area contributed by atoms with Crippen LogP contribution >= 0.6 is 23.2 Å². The van der Waals surface area contributed by atoms with Gasteiger partial charge in [0.05, 0.1) is 33.2 Å². The Balaban J connectivity index is 1.87. The number of fused-ring (bicyclic) bond motifs is 1. The van der Waals surface area contributed by atoms with Crippen molar-refractivity contribution in [3.63, 3.8) is 0 Å². The van der Waals surface area contributed by atoms with E-state index >= 15 is 0 Å². The van der Waals surface area contributed by atoms with Crippen LogP contribution in [0.4, 0.5) is 5.95 Å². The summed E-state index contributed by atoms with van der Waals surface area (Å²) in [6.45, 7) is 1.64. The largest absolute Gasteiger partial charge is 0.396 e. The summed E-state index contributed by atoms with van der Waals surface area (Å²) in [5, 5.41) is 31.0. The number of aliphatic hydroxyl groups excluding tert-OH is 3. The van der Waals surface area contributed by atoms with Gasteiger partial charge in [-0.2, -0.15) is 0 Å². The van der Waals surface area contributed by atoms with Gasteiger partial charge in [0.1, 0.15) is 6.10 Å².